The van der Waals surface area contributed by atoms with Gasteiger partial charge in [0.1, 0.15) is 11.5 Å². The van der Waals surface area contributed by atoms with Gasteiger partial charge in [0.05, 0.1) is 10.0 Å². The van der Waals surface area contributed by atoms with Crippen LogP contribution in [0.15, 0.2) is 59.1 Å². The van der Waals surface area contributed by atoms with Crippen LogP contribution in [0.5, 0.6) is 23.0 Å². The van der Waals surface area contributed by atoms with Crippen molar-refractivity contribution >= 4 is 56.4 Å². The summed E-state index contributed by atoms with van der Waals surface area (Å²) in [5, 5.41) is 1.39. The molecule has 3 nitrogen and oxygen atoms in total. The van der Waals surface area contributed by atoms with Crippen molar-refractivity contribution in [2.24, 2.45) is 0 Å². The Morgan fingerprint density at radius 3 is 2.08 bits per heavy atom. The molecule has 7 heteroatoms. The summed E-state index contributed by atoms with van der Waals surface area (Å²) in [6.07, 6.45) is 0. The van der Waals surface area contributed by atoms with Crippen molar-refractivity contribution in [2.45, 2.75) is 0 Å². The van der Waals surface area contributed by atoms with Crippen LogP contribution in [-0.4, -0.2) is 0 Å². The highest BCUT2D eigenvalue weighted by atomic mass is 79.9. The van der Waals surface area contributed by atoms with Crippen molar-refractivity contribution in [3.05, 3.63) is 74.1 Å². The lowest BCUT2D eigenvalue weighted by Crippen LogP contribution is -1.92. The van der Waals surface area contributed by atoms with Crippen molar-refractivity contribution in [1.82, 2.24) is 0 Å². The summed E-state index contributed by atoms with van der Waals surface area (Å²) in [6.45, 7) is 0. The van der Waals surface area contributed by atoms with Gasteiger partial charge >= 0.3 is 0 Å². The van der Waals surface area contributed by atoms with E-state index in [1.807, 2.05) is 0 Å². The Labute approximate surface area is 168 Å². The summed E-state index contributed by atoms with van der Waals surface area (Å²) in [5.41, 5.74) is 6.34. The van der Waals surface area contributed by atoms with E-state index < -0.39 is 0 Å². The van der Waals surface area contributed by atoms with E-state index in [0.29, 0.717) is 48.2 Å². The van der Waals surface area contributed by atoms with E-state index in [1.54, 1.807) is 54.6 Å². The predicted octanol–water partition coefficient (Wildman–Crippen LogP) is 7.58. The van der Waals surface area contributed by atoms with Crippen LogP contribution in [0.3, 0.4) is 0 Å². The monoisotopic (exact) mass is 457 g/mol. The summed E-state index contributed by atoms with van der Waals surface area (Å²) in [6, 6.07) is 15.3. The van der Waals surface area contributed by atoms with E-state index in [-0.39, 0.29) is 0 Å². The Balaban J connectivity index is 1.97. The molecule has 2 N–H and O–H groups in total. The second-order valence-corrected chi connectivity index (χ2v) is 7.17. The van der Waals surface area contributed by atoms with Crippen LogP contribution < -0.4 is 15.2 Å². The molecule has 0 aromatic heterocycles. The maximum Gasteiger partial charge on any atom is 0.171 e. The average molecular weight is 460 g/mol. The molecule has 3 rings (SSSR count). The fourth-order valence-corrected chi connectivity index (χ4v) is 2.93. The average Bonchev–Trinajstić information content (AvgIpc) is 2.56. The lowest BCUT2D eigenvalue weighted by atomic mass is 10.3. The number of benzene rings is 3. The highest BCUT2D eigenvalue weighted by Crippen LogP contribution is 2.42. The number of rotatable bonds is 4. The SMILES string of the molecule is Nc1ccc(Oc2cc(Cl)c(Br)cc2Oc2ccc(Cl)cc2Cl)cc1. The topological polar surface area (TPSA) is 44.5 Å². The van der Waals surface area contributed by atoms with Gasteiger partial charge in [-0.2, -0.15) is 0 Å². The minimum atomic E-state index is 0.386. The first-order valence-corrected chi connectivity index (χ1v) is 9.00. The number of halogens is 4. The molecule has 0 saturated carbocycles. The smallest absolute Gasteiger partial charge is 0.171 e. The number of hydrogen-bond acceptors (Lipinski definition) is 3. The van der Waals surface area contributed by atoms with Crippen molar-refractivity contribution in [3.63, 3.8) is 0 Å². The minimum Gasteiger partial charge on any atom is -0.453 e. The molecule has 0 aliphatic heterocycles. The number of ether oxygens (including phenoxy) is 2. The summed E-state index contributed by atoms with van der Waals surface area (Å²) in [5.74, 6) is 1.92. The zero-order valence-electron chi connectivity index (χ0n) is 12.6. The van der Waals surface area contributed by atoms with Gasteiger partial charge in [-0.05, 0) is 58.4 Å². The standard InChI is InChI=1S/C18H11BrCl3NO2/c19-13-8-17(25-16-6-1-10(20)7-15(16)22)18(9-14(13)21)24-12-4-2-11(23)3-5-12/h1-9H,23H2. The van der Waals surface area contributed by atoms with Crippen molar-refractivity contribution in [1.29, 1.82) is 0 Å². The van der Waals surface area contributed by atoms with Gasteiger partial charge in [0, 0.05) is 27.3 Å². The third kappa shape index (κ3) is 4.53. The maximum absolute atomic E-state index is 6.19. The van der Waals surface area contributed by atoms with Crippen LogP contribution in [0, 0.1) is 0 Å². The molecule has 25 heavy (non-hydrogen) atoms. The van der Waals surface area contributed by atoms with Gasteiger partial charge in [-0.15, -0.1) is 0 Å². The fraction of sp³-hybridized carbons (Fsp3) is 0. The van der Waals surface area contributed by atoms with E-state index in [2.05, 4.69) is 15.9 Å². The molecule has 3 aromatic carbocycles. The molecule has 0 heterocycles. The summed E-state index contributed by atoms with van der Waals surface area (Å²) >= 11 is 21.7. The first kappa shape index (κ1) is 18.2. The summed E-state index contributed by atoms with van der Waals surface area (Å²) in [4.78, 5) is 0. The van der Waals surface area contributed by atoms with Crippen LogP contribution in [0.2, 0.25) is 15.1 Å². The molecule has 0 atom stereocenters. The van der Waals surface area contributed by atoms with Gasteiger partial charge in [-0.1, -0.05) is 34.8 Å². The Morgan fingerprint density at radius 2 is 1.40 bits per heavy atom. The minimum absolute atomic E-state index is 0.386. The summed E-state index contributed by atoms with van der Waals surface area (Å²) < 4.78 is 12.4. The van der Waals surface area contributed by atoms with Gasteiger partial charge < -0.3 is 15.2 Å². The molecule has 3 aromatic rings. The van der Waals surface area contributed by atoms with E-state index in [0.717, 1.165) is 0 Å². The lowest BCUT2D eigenvalue weighted by molar-refractivity contribution is 0.418. The molecule has 0 spiro atoms. The van der Waals surface area contributed by atoms with Crippen LogP contribution in [0.1, 0.15) is 0 Å². The second kappa shape index (κ2) is 7.75. The first-order valence-electron chi connectivity index (χ1n) is 7.08. The Hall–Kier alpha value is -1.59. The van der Waals surface area contributed by atoms with E-state index in [1.165, 1.54) is 0 Å². The largest absolute Gasteiger partial charge is 0.453 e. The lowest BCUT2D eigenvalue weighted by Gasteiger charge is -2.14. The molecule has 0 bridgehead atoms. The Morgan fingerprint density at radius 1 is 0.720 bits per heavy atom. The van der Waals surface area contributed by atoms with E-state index in [9.17, 15) is 0 Å². The summed E-state index contributed by atoms with van der Waals surface area (Å²) in [7, 11) is 0. The van der Waals surface area contributed by atoms with Crippen LogP contribution in [0.25, 0.3) is 0 Å². The molecule has 0 saturated heterocycles. The molecular weight excluding hydrogens is 448 g/mol. The highest BCUT2D eigenvalue weighted by molar-refractivity contribution is 9.10. The molecule has 0 unspecified atom stereocenters. The Bertz CT molecular complexity index is 917. The van der Waals surface area contributed by atoms with Gasteiger partial charge in [0.15, 0.2) is 11.5 Å². The molecule has 0 radical (unpaired) electrons. The van der Waals surface area contributed by atoms with E-state index in [4.69, 9.17) is 50.0 Å². The van der Waals surface area contributed by atoms with Crippen molar-refractivity contribution in [3.8, 4) is 23.0 Å². The predicted molar refractivity (Wildman–Crippen MR) is 107 cm³/mol. The van der Waals surface area contributed by atoms with E-state index >= 15 is 0 Å². The molecule has 0 fully saturated rings. The Kier molecular flexibility index (Phi) is 5.64. The van der Waals surface area contributed by atoms with Crippen LogP contribution in [-0.2, 0) is 0 Å². The normalized spacial score (nSPS) is 10.6. The quantitative estimate of drug-likeness (QED) is 0.409. The fourth-order valence-electron chi connectivity index (χ4n) is 2.01. The van der Waals surface area contributed by atoms with Crippen LogP contribution >= 0.6 is 50.7 Å². The zero-order chi connectivity index (χ0) is 18.0. The third-order valence-corrected chi connectivity index (χ3v) is 4.94. The molecule has 0 aliphatic rings. The van der Waals surface area contributed by atoms with Crippen LogP contribution in [0.4, 0.5) is 5.69 Å². The highest BCUT2D eigenvalue weighted by Gasteiger charge is 2.14. The molecule has 0 amide bonds. The molecule has 0 aliphatic carbocycles. The van der Waals surface area contributed by atoms with Gasteiger partial charge in [0.2, 0.25) is 0 Å². The van der Waals surface area contributed by atoms with Gasteiger partial charge in [-0.3, -0.25) is 0 Å². The third-order valence-electron chi connectivity index (χ3n) is 3.21. The van der Waals surface area contributed by atoms with Crippen molar-refractivity contribution in [2.75, 3.05) is 5.73 Å². The molecular formula is C18H11BrCl3NO2. The number of nitrogen functional groups attached to an aromatic ring is 1. The maximum atomic E-state index is 6.19. The first-order chi connectivity index (χ1) is 11.9. The number of anilines is 1. The zero-order valence-corrected chi connectivity index (χ0v) is 16.5. The molecule has 128 valence electrons. The number of hydrogen-bond donors (Lipinski definition) is 1. The second-order valence-electron chi connectivity index (χ2n) is 5.06. The number of nitrogens with two attached hydrogens (primary N) is 1. The van der Waals surface area contributed by atoms with Gasteiger partial charge in [0.25, 0.3) is 0 Å². The van der Waals surface area contributed by atoms with Gasteiger partial charge in [-0.25, -0.2) is 0 Å². The van der Waals surface area contributed by atoms with Crippen molar-refractivity contribution < 1.29 is 9.47 Å².